The van der Waals surface area contributed by atoms with Crippen LogP contribution < -0.4 is 11.1 Å². The number of nitrogens with one attached hydrogen (secondary N) is 1. The fraction of sp³-hybridized carbons (Fsp3) is 0.889. The lowest BCUT2D eigenvalue weighted by Gasteiger charge is -2.11. The van der Waals surface area contributed by atoms with Crippen LogP contribution in [0.5, 0.6) is 0 Å². The number of amides is 1. The van der Waals surface area contributed by atoms with Gasteiger partial charge in [0.1, 0.15) is 0 Å². The second-order valence-corrected chi connectivity index (χ2v) is 3.64. The molecule has 13 heavy (non-hydrogen) atoms. The zero-order valence-electron chi connectivity index (χ0n) is 8.08. The first-order valence-corrected chi connectivity index (χ1v) is 4.81. The summed E-state index contributed by atoms with van der Waals surface area (Å²) < 4.78 is 5.14. The third kappa shape index (κ3) is 4.24. The molecule has 0 aromatic carbocycles. The number of carbonyl (C=O) groups is 1. The fourth-order valence-electron chi connectivity index (χ4n) is 1.31. The van der Waals surface area contributed by atoms with Gasteiger partial charge in [0.05, 0.1) is 12.6 Å². The topological polar surface area (TPSA) is 64.4 Å². The van der Waals surface area contributed by atoms with Gasteiger partial charge in [0, 0.05) is 19.1 Å². The Morgan fingerprint density at radius 2 is 2.54 bits per heavy atom. The molecule has 1 aliphatic rings. The second kappa shape index (κ2) is 5.19. The molecule has 0 bridgehead atoms. The molecule has 1 amide bonds. The average Bonchev–Trinajstić information content (AvgIpc) is 2.53. The summed E-state index contributed by atoms with van der Waals surface area (Å²) in [5.41, 5.74) is 5.54. The highest BCUT2D eigenvalue weighted by molar-refractivity contribution is 5.76. The van der Waals surface area contributed by atoms with Crippen LogP contribution in [-0.2, 0) is 9.53 Å². The molecule has 0 spiro atoms. The quantitative estimate of drug-likeness (QED) is 0.650. The Hall–Kier alpha value is -0.610. The lowest BCUT2D eigenvalue weighted by atomic mass is 10.2. The first kappa shape index (κ1) is 10.5. The number of rotatable bonds is 4. The molecule has 2 unspecified atom stereocenters. The molecule has 1 rings (SSSR count). The van der Waals surface area contributed by atoms with Crippen molar-refractivity contribution >= 4 is 5.91 Å². The van der Waals surface area contributed by atoms with Crippen LogP contribution in [0.1, 0.15) is 26.2 Å². The van der Waals surface area contributed by atoms with Crippen LogP contribution in [0, 0.1) is 0 Å². The minimum absolute atomic E-state index is 0.0906. The Kier molecular flexibility index (Phi) is 4.18. The van der Waals surface area contributed by atoms with Crippen LogP contribution in [-0.4, -0.2) is 31.2 Å². The van der Waals surface area contributed by atoms with E-state index in [1.165, 1.54) is 0 Å². The highest BCUT2D eigenvalue weighted by Gasteiger charge is 2.17. The molecule has 0 aliphatic carbocycles. The van der Waals surface area contributed by atoms with Gasteiger partial charge in [-0.05, 0) is 19.8 Å². The number of hydrogen-bond donors (Lipinski definition) is 2. The van der Waals surface area contributed by atoms with Gasteiger partial charge in [-0.1, -0.05) is 0 Å². The van der Waals surface area contributed by atoms with Crippen molar-refractivity contribution in [2.45, 2.75) is 38.3 Å². The number of hydrogen-bond acceptors (Lipinski definition) is 3. The van der Waals surface area contributed by atoms with Crippen molar-refractivity contribution in [1.29, 1.82) is 0 Å². The molecule has 1 fully saturated rings. The van der Waals surface area contributed by atoms with Gasteiger partial charge in [0.25, 0.3) is 0 Å². The summed E-state index contributed by atoms with van der Waals surface area (Å²) in [5, 5.41) is 2.91. The van der Waals surface area contributed by atoms with E-state index in [2.05, 4.69) is 5.32 Å². The Morgan fingerprint density at radius 3 is 3.08 bits per heavy atom. The Morgan fingerprint density at radius 1 is 1.77 bits per heavy atom. The summed E-state index contributed by atoms with van der Waals surface area (Å²) in [4.78, 5) is 11.3. The average molecular weight is 186 g/mol. The third-order valence-corrected chi connectivity index (χ3v) is 2.12. The van der Waals surface area contributed by atoms with Gasteiger partial charge in [-0.3, -0.25) is 4.79 Å². The molecule has 0 aromatic heterocycles. The van der Waals surface area contributed by atoms with Gasteiger partial charge in [-0.2, -0.15) is 0 Å². The molecule has 4 nitrogen and oxygen atoms in total. The minimum Gasteiger partial charge on any atom is -0.379 e. The molecule has 0 radical (unpaired) electrons. The van der Waals surface area contributed by atoms with Gasteiger partial charge in [-0.15, -0.1) is 0 Å². The van der Waals surface area contributed by atoms with E-state index in [4.69, 9.17) is 10.5 Å². The van der Waals surface area contributed by atoms with E-state index >= 15 is 0 Å². The summed E-state index contributed by atoms with van der Waals surface area (Å²) in [5.74, 6) is 0.0906. The normalized spacial score (nSPS) is 24.3. The van der Waals surface area contributed by atoms with E-state index in [0.717, 1.165) is 19.4 Å². The van der Waals surface area contributed by atoms with Crippen molar-refractivity contribution < 1.29 is 9.53 Å². The van der Waals surface area contributed by atoms with Gasteiger partial charge < -0.3 is 15.8 Å². The summed E-state index contributed by atoms with van der Waals surface area (Å²) >= 11 is 0. The van der Waals surface area contributed by atoms with Crippen molar-refractivity contribution in [2.24, 2.45) is 5.73 Å². The molecule has 3 N–H and O–H groups in total. The minimum atomic E-state index is 0.0906. The maximum Gasteiger partial charge on any atom is 0.220 e. The van der Waals surface area contributed by atoms with E-state index in [1.54, 1.807) is 0 Å². The number of ether oxygens (including phenoxy) is 1. The molecule has 0 aromatic rings. The highest BCUT2D eigenvalue weighted by atomic mass is 16.5. The maximum absolute atomic E-state index is 11.3. The van der Waals surface area contributed by atoms with E-state index in [9.17, 15) is 4.79 Å². The standard InChI is InChI=1S/C9H18N2O2/c1-7(10)2-3-9(12)11-8-4-5-13-6-8/h7-8H,2-6,10H2,1H3,(H,11,12). The van der Waals surface area contributed by atoms with Crippen LogP contribution in [0.15, 0.2) is 0 Å². The van der Waals surface area contributed by atoms with E-state index < -0.39 is 0 Å². The second-order valence-electron chi connectivity index (χ2n) is 3.64. The van der Waals surface area contributed by atoms with Crippen molar-refractivity contribution in [1.82, 2.24) is 5.32 Å². The summed E-state index contributed by atoms with van der Waals surface area (Å²) in [6.45, 7) is 3.33. The predicted molar refractivity (Wildman–Crippen MR) is 50.3 cm³/mol. The zero-order valence-corrected chi connectivity index (χ0v) is 8.08. The first-order valence-electron chi connectivity index (χ1n) is 4.81. The van der Waals surface area contributed by atoms with Gasteiger partial charge in [0.15, 0.2) is 0 Å². The molecule has 1 heterocycles. The van der Waals surface area contributed by atoms with Crippen molar-refractivity contribution in [3.8, 4) is 0 Å². The van der Waals surface area contributed by atoms with Crippen molar-refractivity contribution in [3.63, 3.8) is 0 Å². The summed E-state index contributed by atoms with van der Waals surface area (Å²) in [6.07, 6.45) is 2.21. The van der Waals surface area contributed by atoms with E-state index in [0.29, 0.717) is 13.0 Å². The van der Waals surface area contributed by atoms with Gasteiger partial charge >= 0.3 is 0 Å². The molecule has 1 aliphatic heterocycles. The van der Waals surface area contributed by atoms with Crippen LogP contribution in [0.25, 0.3) is 0 Å². The van der Waals surface area contributed by atoms with Crippen molar-refractivity contribution in [3.05, 3.63) is 0 Å². The lowest BCUT2D eigenvalue weighted by molar-refractivity contribution is -0.122. The van der Waals surface area contributed by atoms with Crippen LogP contribution >= 0.6 is 0 Å². The zero-order chi connectivity index (χ0) is 9.68. The molecular formula is C9H18N2O2. The molecule has 76 valence electrons. The van der Waals surface area contributed by atoms with Crippen LogP contribution in [0.3, 0.4) is 0 Å². The highest BCUT2D eigenvalue weighted by Crippen LogP contribution is 2.04. The summed E-state index contributed by atoms with van der Waals surface area (Å²) in [7, 11) is 0. The smallest absolute Gasteiger partial charge is 0.220 e. The van der Waals surface area contributed by atoms with Crippen LogP contribution in [0.2, 0.25) is 0 Å². The van der Waals surface area contributed by atoms with Gasteiger partial charge in [-0.25, -0.2) is 0 Å². The largest absolute Gasteiger partial charge is 0.379 e. The third-order valence-electron chi connectivity index (χ3n) is 2.12. The predicted octanol–water partition coefficient (Wildman–Crippen LogP) is 0.0189. The molecule has 0 saturated carbocycles. The monoisotopic (exact) mass is 186 g/mol. The SMILES string of the molecule is CC(N)CCC(=O)NC1CCOC1. The molecule has 2 atom stereocenters. The Balaban J connectivity index is 2.09. The number of carbonyl (C=O) groups excluding carboxylic acids is 1. The Labute approximate surface area is 78.8 Å². The molecule has 4 heteroatoms. The summed E-state index contributed by atoms with van der Waals surface area (Å²) in [6, 6.07) is 0.325. The first-order chi connectivity index (χ1) is 6.18. The molecule has 1 saturated heterocycles. The van der Waals surface area contributed by atoms with Crippen molar-refractivity contribution in [2.75, 3.05) is 13.2 Å². The fourth-order valence-corrected chi connectivity index (χ4v) is 1.31. The van der Waals surface area contributed by atoms with Gasteiger partial charge in [0.2, 0.25) is 5.91 Å². The van der Waals surface area contributed by atoms with Crippen LogP contribution in [0.4, 0.5) is 0 Å². The lowest BCUT2D eigenvalue weighted by Crippen LogP contribution is -2.35. The Bertz CT molecular complexity index is 165. The maximum atomic E-state index is 11.3. The van der Waals surface area contributed by atoms with E-state index in [1.807, 2.05) is 6.92 Å². The van der Waals surface area contributed by atoms with E-state index in [-0.39, 0.29) is 18.0 Å². The number of nitrogens with two attached hydrogens (primary N) is 1. The molecular weight excluding hydrogens is 168 g/mol.